The zero-order valence-electron chi connectivity index (χ0n) is 9.91. The number of thioether (sulfide) groups is 1. The molecule has 0 spiro atoms. The number of benzene rings is 2. The van der Waals surface area contributed by atoms with Crippen molar-refractivity contribution < 1.29 is 0 Å². The maximum absolute atomic E-state index is 6.16. The number of halogens is 2. The van der Waals surface area contributed by atoms with E-state index in [2.05, 4.69) is 6.07 Å². The smallest absolute Gasteiger partial charge is 0.0632 e. The molecule has 0 radical (unpaired) electrons. The van der Waals surface area contributed by atoms with Crippen molar-refractivity contribution in [3.05, 3.63) is 57.6 Å². The average Bonchev–Trinajstić information content (AvgIpc) is 2.36. The Balaban J connectivity index is 2.17. The van der Waals surface area contributed by atoms with Crippen molar-refractivity contribution in [2.45, 2.75) is 17.6 Å². The second-order valence-electron chi connectivity index (χ2n) is 3.97. The topological polar surface area (TPSA) is 26.0 Å². The average molecular weight is 298 g/mol. The van der Waals surface area contributed by atoms with Crippen molar-refractivity contribution in [1.82, 2.24) is 0 Å². The molecule has 0 aliphatic rings. The molecule has 0 heterocycles. The van der Waals surface area contributed by atoms with Crippen LogP contribution in [0.25, 0.3) is 0 Å². The lowest BCUT2D eigenvalue weighted by Crippen LogP contribution is -1.91. The largest absolute Gasteiger partial charge is 0.398 e. The number of hydrogen-bond donors (Lipinski definition) is 1. The third-order valence-corrected chi connectivity index (χ3v) is 4.81. The van der Waals surface area contributed by atoms with Crippen LogP contribution in [-0.4, -0.2) is 0 Å². The summed E-state index contributed by atoms with van der Waals surface area (Å²) in [5, 5.41) is 1.23. The highest BCUT2D eigenvalue weighted by molar-refractivity contribution is 7.98. The Hall–Kier alpha value is -0.830. The summed E-state index contributed by atoms with van der Waals surface area (Å²) < 4.78 is 0. The van der Waals surface area contributed by atoms with E-state index in [1.54, 1.807) is 17.8 Å². The first-order chi connectivity index (χ1) is 8.59. The van der Waals surface area contributed by atoms with Gasteiger partial charge in [0.15, 0.2) is 0 Å². The predicted octanol–water partition coefficient (Wildman–Crippen LogP) is 5.18. The van der Waals surface area contributed by atoms with Crippen LogP contribution in [0.5, 0.6) is 0 Å². The molecule has 2 aromatic rings. The maximum Gasteiger partial charge on any atom is 0.0632 e. The maximum atomic E-state index is 6.16. The Bertz CT molecular complexity index is 518. The van der Waals surface area contributed by atoms with Crippen molar-refractivity contribution in [1.29, 1.82) is 0 Å². The summed E-state index contributed by atoms with van der Waals surface area (Å²) in [4.78, 5) is 1.17. The third kappa shape index (κ3) is 2.94. The van der Waals surface area contributed by atoms with Crippen LogP contribution >= 0.6 is 35.0 Å². The highest BCUT2D eigenvalue weighted by Crippen LogP contribution is 2.33. The second-order valence-corrected chi connectivity index (χ2v) is 5.77. The number of rotatable bonds is 3. The zero-order chi connectivity index (χ0) is 13.1. The van der Waals surface area contributed by atoms with Crippen molar-refractivity contribution in [3.63, 3.8) is 0 Å². The predicted molar refractivity (Wildman–Crippen MR) is 81.6 cm³/mol. The molecule has 0 atom stereocenters. The van der Waals surface area contributed by atoms with Gasteiger partial charge in [0.25, 0.3) is 0 Å². The minimum Gasteiger partial charge on any atom is -0.398 e. The van der Waals surface area contributed by atoms with E-state index in [0.29, 0.717) is 10.0 Å². The van der Waals surface area contributed by atoms with E-state index in [9.17, 15) is 0 Å². The fourth-order valence-electron chi connectivity index (χ4n) is 1.60. The number of nitrogen functional groups attached to an aromatic ring is 1. The third-order valence-electron chi connectivity index (χ3n) is 2.74. The molecule has 4 heteroatoms. The molecule has 0 aliphatic carbocycles. The van der Waals surface area contributed by atoms with E-state index in [-0.39, 0.29) is 0 Å². The van der Waals surface area contributed by atoms with Crippen molar-refractivity contribution in [2.75, 3.05) is 5.73 Å². The Morgan fingerprint density at radius 3 is 2.61 bits per heavy atom. The summed E-state index contributed by atoms with van der Waals surface area (Å²) in [6.07, 6.45) is 0. The fraction of sp³-hybridized carbons (Fsp3) is 0.143. The molecule has 0 fully saturated rings. The summed E-state index contributed by atoms with van der Waals surface area (Å²) in [5.41, 5.74) is 8.85. The number of anilines is 1. The van der Waals surface area contributed by atoms with Gasteiger partial charge in [-0.25, -0.2) is 0 Å². The van der Waals surface area contributed by atoms with Crippen LogP contribution < -0.4 is 5.73 Å². The van der Waals surface area contributed by atoms with E-state index in [1.807, 2.05) is 31.2 Å². The van der Waals surface area contributed by atoms with Gasteiger partial charge < -0.3 is 5.73 Å². The Labute approximate surface area is 121 Å². The molecule has 0 aromatic heterocycles. The standard InChI is InChI=1S/C14H13Cl2NS/c1-9-12(17)6-3-7-13(9)18-8-10-4-2-5-11(15)14(10)16/h2-7H,8,17H2,1H3. The molecular formula is C14H13Cl2NS. The quantitative estimate of drug-likeness (QED) is 0.624. The molecule has 0 bridgehead atoms. The van der Waals surface area contributed by atoms with Gasteiger partial charge >= 0.3 is 0 Å². The first kappa shape index (κ1) is 13.6. The number of hydrogen-bond acceptors (Lipinski definition) is 2. The molecule has 18 heavy (non-hydrogen) atoms. The molecule has 0 unspecified atom stereocenters. The van der Waals surface area contributed by atoms with Crippen LogP contribution in [0.15, 0.2) is 41.3 Å². The lowest BCUT2D eigenvalue weighted by molar-refractivity contribution is 1.29. The fourth-order valence-corrected chi connectivity index (χ4v) is 3.13. The van der Waals surface area contributed by atoms with Crippen LogP contribution in [0.1, 0.15) is 11.1 Å². The van der Waals surface area contributed by atoms with Crippen LogP contribution in [0.3, 0.4) is 0 Å². The van der Waals surface area contributed by atoms with Crippen LogP contribution in [0, 0.1) is 6.92 Å². The zero-order valence-corrected chi connectivity index (χ0v) is 12.2. The normalized spacial score (nSPS) is 10.6. The Morgan fingerprint density at radius 2 is 1.83 bits per heavy atom. The highest BCUT2D eigenvalue weighted by atomic mass is 35.5. The van der Waals surface area contributed by atoms with Gasteiger partial charge in [-0.05, 0) is 36.2 Å². The Kier molecular flexibility index (Phi) is 4.44. The van der Waals surface area contributed by atoms with Gasteiger partial charge in [0, 0.05) is 16.3 Å². The molecule has 94 valence electrons. The summed E-state index contributed by atoms with van der Waals surface area (Å²) >= 11 is 13.9. The van der Waals surface area contributed by atoms with Gasteiger partial charge in [-0.15, -0.1) is 11.8 Å². The van der Waals surface area contributed by atoms with E-state index in [0.717, 1.165) is 22.6 Å². The SMILES string of the molecule is Cc1c(N)cccc1SCc1cccc(Cl)c1Cl. The van der Waals surface area contributed by atoms with Crippen LogP contribution in [-0.2, 0) is 5.75 Å². The molecule has 2 rings (SSSR count). The van der Waals surface area contributed by atoms with Gasteiger partial charge in [0.1, 0.15) is 0 Å². The molecule has 1 nitrogen and oxygen atoms in total. The van der Waals surface area contributed by atoms with Gasteiger partial charge in [0.05, 0.1) is 10.0 Å². The monoisotopic (exact) mass is 297 g/mol. The lowest BCUT2D eigenvalue weighted by atomic mass is 10.2. The summed E-state index contributed by atoms with van der Waals surface area (Å²) in [5.74, 6) is 0.781. The molecule has 0 aliphatic heterocycles. The molecule has 2 N–H and O–H groups in total. The molecule has 0 saturated heterocycles. The van der Waals surface area contributed by atoms with Gasteiger partial charge in [-0.2, -0.15) is 0 Å². The minimum atomic E-state index is 0.596. The van der Waals surface area contributed by atoms with Crippen molar-refractivity contribution >= 4 is 40.7 Å². The second kappa shape index (κ2) is 5.87. The Morgan fingerprint density at radius 1 is 1.11 bits per heavy atom. The molecule has 0 saturated carbocycles. The summed E-state index contributed by atoms with van der Waals surface area (Å²) in [7, 11) is 0. The van der Waals surface area contributed by atoms with Crippen molar-refractivity contribution in [2.24, 2.45) is 0 Å². The van der Waals surface area contributed by atoms with Crippen LogP contribution in [0.4, 0.5) is 5.69 Å². The van der Waals surface area contributed by atoms with Gasteiger partial charge in [0.2, 0.25) is 0 Å². The highest BCUT2D eigenvalue weighted by Gasteiger charge is 2.07. The molecule has 0 amide bonds. The van der Waals surface area contributed by atoms with Gasteiger partial charge in [-0.3, -0.25) is 0 Å². The van der Waals surface area contributed by atoms with E-state index in [4.69, 9.17) is 28.9 Å². The minimum absolute atomic E-state index is 0.596. The van der Waals surface area contributed by atoms with Gasteiger partial charge in [-0.1, -0.05) is 41.4 Å². The summed E-state index contributed by atoms with van der Waals surface area (Å²) in [6, 6.07) is 11.6. The van der Waals surface area contributed by atoms with E-state index >= 15 is 0 Å². The molecule has 2 aromatic carbocycles. The van der Waals surface area contributed by atoms with E-state index < -0.39 is 0 Å². The summed E-state index contributed by atoms with van der Waals surface area (Å²) in [6.45, 7) is 2.03. The number of nitrogens with two attached hydrogens (primary N) is 1. The first-order valence-corrected chi connectivity index (χ1v) is 7.24. The first-order valence-electron chi connectivity index (χ1n) is 5.50. The van der Waals surface area contributed by atoms with Crippen molar-refractivity contribution in [3.8, 4) is 0 Å². The molecular weight excluding hydrogens is 285 g/mol. The lowest BCUT2D eigenvalue weighted by Gasteiger charge is -2.09. The van der Waals surface area contributed by atoms with E-state index in [1.165, 1.54) is 4.90 Å². The van der Waals surface area contributed by atoms with Crippen LogP contribution in [0.2, 0.25) is 10.0 Å².